The molecule has 0 spiro atoms. The zero-order valence-electron chi connectivity index (χ0n) is 7.59. The maximum atomic E-state index is 6.00. The van der Waals surface area contributed by atoms with Crippen LogP contribution in [0.3, 0.4) is 0 Å². The van der Waals surface area contributed by atoms with E-state index >= 15 is 0 Å². The molecule has 0 unspecified atom stereocenters. The molecular formula is C9H9BrClN3. The standard InChI is InChI=1S/C9H9BrClN3/c1-12-5-8-13-9(11)6-3-2-4-7(10)14(6)8/h2-4,12H,5H2,1H3. The second-order valence-corrected chi connectivity index (χ2v) is 4.09. The second kappa shape index (κ2) is 3.88. The van der Waals surface area contributed by atoms with Gasteiger partial charge in [-0.05, 0) is 35.1 Å². The molecule has 0 atom stereocenters. The van der Waals surface area contributed by atoms with E-state index in [2.05, 4.69) is 26.2 Å². The van der Waals surface area contributed by atoms with Gasteiger partial charge in [0.15, 0.2) is 5.15 Å². The van der Waals surface area contributed by atoms with Crippen LogP contribution in [0.4, 0.5) is 0 Å². The monoisotopic (exact) mass is 273 g/mol. The lowest BCUT2D eigenvalue weighted by atomic mass is 10.4. The summed E-state index contributed by atoms with van der Waals surface area (Å²) in [6.07, 6.45) is 0. The van der Waals surface area contributed by atoms with Crippen molar-refractivity contribution in [2.24, 2.45) is 0 Å². The number of fused-ring (bicyclic) bond motifs is 1. The highest BCUT2D eigenvalue weighted by Gasteiger charge is 2.09. The quantitative estimate of drug-likeness (QED) is 0.853. The number of nitrogens with zero attached hydrogens (tertiary/aromatic N) is 2. The summed E-state index contributed by atoms with van der Waals surface area (Å²) in [5.74, 6) is 0.903. The molecular weight excluding hydrogens is 265 g/mol. The van der Waals surface area contributed by atoms with Crippen molar-refractivity contribution < 1.29 is 0 Å². The molecule has 0 bridgehead atoms. The minimum absolute atomic E-state index is 0.538. The molecule has 0 radical (unpaired) electrons. The first kappa shape index (κ1) is 9.96. The largest absolute Gasteiger partial charge is 0.313 e. The molecule has 2 heterocycles. The Morgan fingerprint density at radius 1 is 1.57 bits per heavy atom. The van der Waals surface area contributed by atoms with Crippen molar-refractivity contribution >= 4 is 33.0 Å². The Bertz CT molecular complexity index is 466. The van der Waals surface area contributed by atoms with Crippen molar-refractivity contribution in [3.63, 3.8) is 0 Å². The summed E-state index contributed by atoms with van der Waals surface area (Å²) in [5.41, 5.74) is 0.922. The van der Waals surface area contributed by atoms with Crippen LogP contribution in [0.15, 0.2) is 22.8 Å². The number of imidazole rings is 1. The number of rotatable bonds is 2. The van der Waals surface area contributed by atoms with Gasteiger partial charge < -0.3 is 5.32 Å². The summed E-state index contributed by atoms with van der Waals surface area (Å²) < 4.78 is 2.94. The number of halogens is 2. The van der Waals surface area contributed by atoms with Crippen LogP contribution in [0.1, 0.15) is 5.82 Å². The summed E-state index contributed by atoms with van der Waals surface area (Å²) in [6, 6.07) is 5.85. The van der Waals surface area contributed by atoms with Crippen LogP contribution in [-0.2, 0) is 6.54 Å². The van der Waals surface area contributed by atoms with E-state index in [0.29, 0.717) is 11.7 Å². The summed E-state index contributed by atoms with van der Waals surface area (Å²) in [5, 5.41) is 3.59. The summed E-state index contributed by atoms with van der Waals surface area (Å²) in [6.45, 7) is 0.691. The van der Waals surface area contributed by atoms with Gasteiger partial charge in [-0.15, -0.1) is 0 Å². The van der Waals surface area contributed by atoms with Crippen LogP contribution in [0.25, 0.3) is 5.52 Å². The maximum absolute atomic E-state index is 6.00. The molecule has 0 saturated carbocycles. The fourth-order valence-electron chi connectivity index (χ4n) is 1.40. The smallest absolute Gasteiger partial charge is 0.155 e. The highest BCUT2D eigenvalue weighted by molar-refractivity contribution is 9.10. The van der Waals surface area contributed by atoms with E-state index in [4.69, 9.17) is 11.6 Å². The normalized spacial score (nSPS) is 11.1. The van der Waals surface area contributed by atoms with Crippen molar-refractivity contribution in [3.05, 3.63) is 33.8 Å². The van der Waals surface area contributed by atoms with E-state index in [-0.39, 0.29) is 0 Å². The zero-order chi connectivity index (χ0) is 10.1. The number of hydrogen-bond donors (Lipinski definition) is 1. The van der Waals surface area contributed by atoms with E-state index in [0.717, 1.165) is 15.9 Å². The van der Waals surface area contributed by atoms with Crippen LogP contribution in [0.2, 0.25) is 5.15 Å². The maximum Gasteiger partial charge on any atom is 0.155 e. The third kappa shape index (κ3) is 1.54. The average Bonchev–Trinajstić information content (AvgIpc) is 2.46. The molecule has 0 saturated heterocycles. The Balaban J connectivity index is 2.72. The minimum Gasteiger partial charge on any atom is -0.313 e. The predicted octanol–water partition coefficient (Wildman–Crippen LogP) is 2.47. The third-order valence-corrected chi connectivity index (χ3v) is 2.87. The fraction of sp³-hybridized carbons (Fsp3) is 0.222. The van der Waals surface area contributed by atoms with Crippen molar-refractivity contribution in [2.45, 2.75) is 6.54 Å². The molecule has 1 N–H and O–H groups in total. The number of pyridine rings is 1. The van der Waals surface area contributed by atoms with Gasteiger partial charge >= 0.3 is 0 Å². The lowest BCUT2D eigenvalue weighted by Crippen LogP contribution is -2.09. The Morgan fingerprint density at radius 2 is 2.36 bits per heavy atom. The molecule has 2 aromatic rings. The molecule has 2 aromatic heterocycles. The Morgan fingerprint density at radius 3 is 3.07 bits per heavy atom. The van der Waals surface area contributed by atoms with Gasteiger partial charge in [0, 0.05) is 0 Å². The topological polar surface area (TPSA) is 29.3 Å². The first-order chi connectivity index (χ1) is 6.74. The molecule has 0 amide bonds. The molecule has 0 aliphatic heterocycles. The minimum atomic E-state index is 0.538. The van der Waals surface area contributed by atoms with Gasteiger partial charge in [0.05, 0.1) is 16.7 Å². The predicted molar refractivity (Wildman–Crippen MR) is 60.7 cm³/mol. The van der Waals surface area contributed by atoms with Crippen molar-refractivity contribution in [2.75, 3.05) is 7.05 Å². The summed E-state index contributed by atoms with van der Waals surface area (Å²) in [4.78, 5) is 4.28. The molecule has 2 rings (SSSR count). The van der Waals surface area contributed by atoms with Crippen LogP contribution >= 0.6 is 27.5 Å². The van der Waals surface area contributed by atoms with Crippen LogP contribution in [0.5, 0.6) is 0 Å². The number of hydrogen-bond acceptors (Lipinski definition) is 2. The second-order valence-electron chi connectivity index (χ2n) is 2.92. The fourth-order valence-corrected chi connectivity index (χ4v) is 2.20. The van der Waals surface area contributed by atoms with E-state index < -0.39 is 0 Å². The van der Waals surface area contributed by atoms with Crippen LogP contribution in [-0.4, -0.2) is 16.4 Å². The van der Waals surface area contributed by atoms with Crippen molar-refractivity contribution in [3.8, 4) is 0 Å². The summed E-state index contributed by atoms with van der Waals surface area (Å²) in [7, 11) is 1.88. The van der Waals surface area contributed by atoms with Gasteiger partial charge in [-0.2, -0.15) is 0 Å². The lowest BCUT2D eigenvalue weighted by Gasteiger charge is -2.02. The van der Waals surface area contributed by atoms with E-state index in [1.807, 2.05) is 29.6 Å². The molecule has 74 valence electrons. The Hall–Kier alpha value is -0.580. The first-order valence-electron chi connectivity index (χ1n) is 4.20. The van der Waals surface area contributed by atoms with E-state index in [1.54, 1.807) is 0 Å². The molecule has 0 aliphatic rings. The molecule has 3 nitrogen and oxygen atoms in total. The molecule has 5 heteroatoms. The molecule has 14 heavy (non-hydrogen) atoms. The van der Waals surface area contributed by atoms with Gasteiger partial charge in [-0.3, -0.25) is 4.40 Å². The first-order valence-corrected chi connectivity index (χ1v) is 5.37. The summed E-state index contributed by atoms with van der Waals surface area (Å²) >= 11 is 9.47. The molecule has 0 fully saturated rings. The van der Waals surface area contributed by atoms with Crippen LogP contribution in [0, 0.1) is 0 Å². The molecule has 0 aliphatic carbocycles. The van der Waals surface area contributed by atoms with Crippen LogP contribution < -0.4 is 5.32 Å². The average molecular weight is 275 g/mol. The van der Waals surface area contributed by atoms with Gasteiger partial charge in [0.1, 0.15) is 5.82 Å². The van der Waals surface area contributed by atoms with Gasteiger partial charge in [0.2, 0.25) is 0 Å². The van der Waals surface area contributed by atoms with E-state index in [9.17, 15) is 0 Å². The Kier molecular flexibility index (Phi) is 2.76. The highest BCUT2D eigenvalue weighted by Crippen LogP contribution is 2.22. The highest BCUT2D eigenvalue weighted by atomic mass is 79.9. The SMILES string of the molecule is CNCc1nc(Cl)c2cccc(Br)n12. The Labute approximate surface area is 95.2 Å². The van der Waals surface area contributed by atoms with Gasteiger partial charge in [-0.25, -0.2) is 4.98 Å². The van der Waals surface area contributed by atoms with E-state index in [1.165, 1.54) is 0 Å². The van der Waals surface area contributed by atoms with Crippen molar-refractivity contribution in [1.82, 2.24) is 14.7 Å². The lowest BCUT2D eigenvalue weighted by molar-refractivity contribution is 0.752. The van der Waals surface area contributed by atoms with Crippen molar-refractivity contribution in [1.29, 1.82) is 0 Å². The van der Waals surface area contributed by atoms with Gasteiger partial charge in [-0.1, -0.05) is 17.7 Å². The third-order valence-electron chi connectivity index (χ3n) is 1.97. The number of aromatic nitrogens is 2. The molecule has 0 aromatic carbocycles. The van der Waals surface area contributed by atoms with Gasteiger partial charge in [0.25, 0.3) is 0 Å². The number of nitrogens with one attached hydrogen (secondary N) is 1. The zero-order valence-corrected chi connectivity index (χ0v) is 9.93.